The van der Waals surface area contributed by atoms with Gasteiger partial charge in [0.05, 0.1) is 6.04 Å². The van der Waals surface area contributed by atoms with Crippen molar-refractivity contribution >= 4 is 53.7 Å². The maximum absolute atomic E-state index is 12.5. The molecule has 20 nitrogen and oxygen atoms in total. The summed E-state index contributed by atoms with van der Waals surface area (Å²) < 4.78 is 54.5. The molecule has 1 fully saturated rings. The molecular weight excluding hydrogens is 678 g/mol. The lowest BCUT2D eigenvalue weighted by atomic mass is 9.96. The number of hydrogen-bond donors (Lipinski definition) is 1. The van der Waals surface area contributed by atoms with Crippen molar-refractivity contribution in [3.63, 3.8) is 0 Å². The molecule has 0 saturated carbocycles. The first-order valence-corrected chi connectivity index (χ1v) is 15.1. The fraction of sp³-hybridized carbons (Fsp3) is 0.700. The van der Waals surface area contributed by atoms with Crippen molar-refractivity contribution in [1.82, 2.24) is 5.32 Å². The van der Waals surface area contributed by atoms with Crippen LogP contribution in [0.5, 0.6) is 0 Å². The number of esters is 8. The minimum absolute atomic E-state index is 0.638. The van der Waals surface area contributed by atoms with Gasteiger partial charge in [0.15, 0.2) is 36.8 Å². The number of nitrogens with one attached hydrogen (secondary N) is 1. The van der Waals surface area contributed by atoms with Gasteiger partial charge in [0.2, 0.25) is 5.91 Å². The van der Waals surface area contributed by atoms with Gasteiger partial charge < -0.3 is 52.7 Å². The van der Waals surface area contributed by atoms with Gasteiger partial charge >= 0.3 is 47.8 Å². The minimum atomic E-state index is -1.93. The molecule has 20 heteroatoms. The van der Waals surface area contributed by atoms with Crippen molar-refractivity contribution < 1.29 is 90.5 Å². The Hall–Kier alpha value is -4.85. The molecule has 1 rings (SSSR count). The van der Waals surface area contributed by atoms with E-state index in [4.69, 9.17) is 47.4 Å². The summed E-state index contributed by atoms with van der Waals surface area (Å²) in [6, 6.07) is -1.50. The van der Waals surface area contributed by atoms with Crippen molar-refractivity contribution in [2.75, 3.05) is 19.8 Å². The Labute approximate surface area is 286 Å². The molecule has 0 aromatic rings. The summed E-state index contributed by atoms with van der Waals surface area (Å²) in [6.07, 6.45) is -13.8. The Morgan fingerprint density at radius 2 is 1.02 bits per heavy atom. The normalized spacial score (nSPS) is 22.1. The molecule has 9 atom stereocenters. The number of rotatable bonds is 17. The molecule has 1 aliphatic rings. The van der Waals surface area contributed by atoms with Gasteiger partial charge in [-0.15, -0.1) is 0 Å². The maximum Gasteiger partial charge on any atom is 0.303 e. The van der Waals surface area contributed by atoms with Crippen LogP contribution in [0.2, 0.25) is 0 Å². The standard InChI is InChI=1S/C30H43NO19/c1-13(32)31-22(10-41-14(2)33)25(26(45-18(6)37)23(44-17(5)36)11-42-15(3)34)50-30-29(48-21(9)40)28(47-20(8)39)27(46-19(7)38)24(49-30)12-43-16(4)35/h22-30H,10-12H2,1-9H3,(H,31,32)/t22-,23+,24+,25+,26-,27-,28-,29+,30-/m0/s1. The van der Waals surface area contributed by atoms with E-state index in [9.17, 15) is 43.2 Å². The lowest BCUT2D eigenvalue weighted by Gasteiger charge is -2.46. The third-order valence-electron chi connectivity index (χ3n) is 6.25. The van der Waals surface area contributed by atoms with Crippen LogP contribution in [0.4, 0.5) is 0 Å². The summed E-state index contributed by atoms with van der Waals surface area (Å²) in [5.74, 6) is -7.97. The predicted molar refractivity (Wildman–Crippen MR) is 159 cm³/mol. The summed E-state index contributed by atoms with van der Waals surface area (Å²) in [4.78, 5) is 109. The Balaban J connectivity index is 4.07. The summed E-state index contributed by atoms with van der Waals surface area (Å²) in [5.41, 5.74) is 0. The molecule has 0 unspecified atom stereocenters. The van der Waals surface area contributed by atoms with Crippen LogP contribution in [0.1, 0.15) is 62.3 Å². The first-order chi connectivity index (χ1) is 23.2. The minimum Gasteiger partial charge on any atom is -0.464 e. The van der Waals surface area contributed by atoms with Crippen molar-refractivity contribution in [2.45, 2.75) is 117 Å². The number of ether oxygens (including phenoxy) is 10. The van der Waals surface area contributed by atoms with E-state index in [1.165, 1.54) is 0 Å². The Morgan fingerprint density at radius 3 is 1.48 bits per heavy atom. The van der Waals surface area contributed by atoms with Gasteiger partial charge in [-0.3, -0.25) is 43.2 Å². The predicted octanol–water partition coefficient (Wildman–Crippen LogP) is -1.05. The maximum atomic E-state index is 12.5. The second-order valence-electron chi connectivity index (χ2n) is 10.8. The molecule has 1 amide bonds. The Morgan fingerprint density at radius 1 is 0.540 bits per heavy atom. The molecule has 0 aliphatic carbocycles. The van der Waals surface area contributed by atoms with Gasteiger partial charge in [-0.1, -0.05) is 0 Å². The highest BCUT2D eigenvalue weighted by Crippen LogP contribution is 2.32. The van der Waals surface area contributed by atoms with Crippen LogP contribution in [0.3, 0.4) is 0 Å². The molecule has 0 spiro atoms. The van der Waals surface area contributed by atoms with E-state index in [1.807, 2.05) is 0 Å². The number of amides is 1. The van der Waals surface area contributed by atoms with Crippen LogP contribution in [-0.4, -0.2) is 129 Å². The zero-order valence-electron chi connectivity index (χ0n) is 29.1. The highest BCUT2D eigenvalue weighted by atomic mass is 16.7. The van der Waals surface area contributed by atoms with E-state index in [1.54, 1.807) is 0 Å². The molecule has 1 saturated heterocycles. The molecule has 1 heterocycles. The summed E-state index contributed by atoms with van der Waals surface area (Å²) in [6.45, 7) is 7.13. The van der Waals surface area contributed by atoms with Gasteiger partial charge in [-0.25, -0.2) is 0 Å². The monoisotopic (exact) mass is 721 g/mol. The van der Waals surface area contributed by atoms with Crippen molar-refractivity contribution in [2.24, 2.45) is 0 Å². The second kappa shape index (κ2) is 20.6. The SMILES string of the molecule is CC(=O)N[C@@H](COC(C)=O)[C@@H](O[C@@H]1O[C@H](COC(C)=O)[C@H](OC(C)=O)[C@H](OC(C)=O)[C@H]1OC(C)=O)[C@@H](OC(C)=O)[C@@H](COC(C)=O)OC(C)=O. The Kier molecular flexibility index (Phi) is 17.8. The van der Waals surface area contributed by atoms with Crippen LogP contribution in [0.25, 0.3) is 0 Å². The van der Waals surface area contributed by atoms with Crippen LogP contribution in [0.15, 0.2) is 0 Å². The molecule has 1 aliphatic heterocycles. The highest BCUT2D eigenvalue weighted by Gasteiger charge is 2.55. The van der Waals surface area contributed by atoms with Crippen molar-refractivity contribution in [3.05, 3.63) is 0 Å². The van der Waals surface area contributed by atoms with E-state index < -0.39 is 129 Å². The summed E-state index contributed by atoms with van der Waals surface area (Å²) in [5, 5.41) is 2.47. The number of carbonyl (C=O) groups is 9. The largest absolute Gasteiger partial charge is 0.464 e. The van der Waals surface area contributed by atoms with E-state index >= 15 is 0 Å². The van der Waals surface area contributed by atoms with Crippen LogP contribution in [0, 0.1) is 0 Å². The lowest BCUT2D eigenvalue weighted by molar-refractivity contribution is -0.327. The summed E-state index contributed by atoms with van der Waals surface area (Å²) >= 11 is 0. The fourth-order valence-corrected chi connectivity index (χ4v) is 4.70. The topological polar surface area (TPSA) is 258 Å². The fourth-order valence-electron chi connectivity index (χ4n) is 4.70. The van der Waals surface area contributed by atoms with Gasteiger partial charge in [0.1, 0.15) is 32.0 Å². The molecular formula is C30H43NO19. The number of carbonyl (C=O) groups excluding carboxylic acids is 9. The average Bonchev–Trinajstić information content (AvgIpc) is 2.95. The zero-order chi connectivity index (χ0) is 38.3. The molecule has 50 heavy (non-hydrogen) atoms. The Bertz CT molecular complexity index is 1270. The first-order valence-electron chi connectivity index (χ1n) is 15.1. The van der Waals surface area contributed by atoms with Crippen LogP contribution in [-0.2, 0) is 90.5 Å². The molecule has 282 valence electrons. The average molecular weight is 722 g/mol. The lowest BCUT2D eigenvalue weighted by Crippen LogP contribution is -2.66. The smallest absolute Gasteiger partial charge is 0.303 e. The molecule has 0 aromatic carbocycles. The van der Waals surface area contributed by atoms with Gasteiger partial charge in [-0.05, 0) is 0 Å². The third kappa shape index (κ3) is 15.6. The van der Waals surface area contributed by atoms with Gasteiger partial charge in [0, 0.05) is 62.3 Å². The van der Waals surface area contributed by atoms with E-state index in [2.05, 4.69) is 5.32 Å². The quantitative estimate of drug-likeness (QED) is 0.139. The van der Waals surface area contributed by atoms with E-state index in [-0.39, 0.29) is 0 Å². The highest BCUT2D eigenvalue weighted by molar-refractivity contribution is 5.73. The molecule has 0 aromatic heterocycles. The van der Waals surface area contributed by atoms with Gasteiger partial charge in [-0.2, -0.15) is 0 Å². The van der Waals surface area contributed by atoms with Crippen LogP contribution < -0.4 is 5.32 Å². The molecule has 0 radical (unpaired) electrons. The zero-order valence-corrected chi connectivity index (χ0v) is 29.1. The van der Waals surface area contributed by atoms with Crippen molar-refractivity contribution in [3.8, 4) is 0 Å². The third-order valence-corrected chi connectivity index (χ3v) is 6.25. The molecule has 0 bridgehead atoms. The van der Waals surface area contributed by atoms with Crippen molar-refractivity contribution in [1.29, 1.82) is 0 Å². The molecule has 1 N–H and O–H groups in total. The number of hydrogen-bond acceptors (Lipinski definition) is 19. The van der Waals surface area contributed by atoms with Gasteiger partial charge in [0.25, 0.3) is 0 Å². The second-order valence-corrected chi connectivity index (χ2v) is 10.8. The van der Waals surface area contributed by atoms with Crippen LogP contribution >= 0.6 is 0 Å². The summed E-state index contributed by atoms with van der Waals surface area (Å²) in [7, 11) is 0. The van der Waals surface area contributed by atoms with E-state index in [0.29, 0.717) is 0 Å². The first kappa shape index (κ1) is 43.2. The van der Waals surface area contributed by atoms with E-state index in [0.717, 1.165) is 62.3 Å².